The summed E-state index contributed by atoms with van der Waals surface area (Å²) in [7, 11) is 0. The highest BCUT2D eigenvalue weighted by Crippen LogP contribution is 2.29. The molecule has 20 heavy (non-hydrogen) atoms. The monoisotopic (exact) mass is 283 g/mol. The summed E-state index contributed by atoms with van der Waals surface area (Å²) in [6.07, 6.45) is 2.69. The largest absolute Gasteiger partial charge is 0.480 e. The lowest BCUT2D eigenvalue weighted by Gasteiger charge is -2.35. The van der Waals surface area contributed by atoms with Crippen molar-refractivity contribution in [2.24, 2.45) is 11.8 Å². The molecular formula is C14H25N3O3. The Balaban J connectivity index is 1.77. The predicted molar refractivity (Wildman–Crippen MR) is 75.5 cm³/mol. The van der Waals surface area contributed by atoms with E-state index < -0.39 is 12.0 Å². The van der Waals surface area contributed by atoms with Gasteiger partial charge in [-0.15, -0.1) is 0 Å². The zero-order valence-corrected chi connectivity index (χ0v) is 12.3. The minimum atomic E-state index is -0.972. The fourth-order valence-electron chi connectivity index (χ4n) is 2.54. The van der Waals surface area contributed by atoms with Crippen LogP contribution >= 0.6 is 0 Å². The second-order valence-corrected chi connectivity index (χ2v) is 6.24. The Bertz CT molecular complexity index is 361. The number of nitrogens with one attached hydrogen (secondary N) is 1. The molecule has 2 amide bonds. The molecule has 0 aromatic rings. The highest BCUT2D eigenvalue weighted by molar-refractivity contribution is 5.82. The average molecular weight is 283 g/mol. The van der Waals surface area contributed by atoms with E-state index in [4.69, 9.17) is 5.11 Å². The van der Waals surface area contributed by atoms with Crippen LogP contribution in [0.3, 0.4) is 0 Å². The number of carboxylic acid groups (broad SMARTS) is 1. The molecule has 2 rings (SSSR count). The van der Waals surface area contributed by atoms with Crippen molar-refractivity contribution in [2.75, 3.05) is 32.7 Å². The Hall–Kier alpha value is -1.30. The number of piperazine rings is 1. The van der Waals surface area contributed by atoms with Crippen LogP contribution in [-0.4, -0.2) is 65.7 Å². The molecule has 6 heteroatoms. The zero-order valence-electron chi connectivity index (χ0n) is 12.3. The van der Waals surface area contributed by atoms with Crippen molar-refractivity contribution in [3.8, 4) is 0 Å². The topological polar surface area (TPSA) is 72.9 Å². The number of carboxylic acids is 1. The lowest BCUT2D eigenvalue weighted by atomic mass is 10.1. The Kier molecular flexibility index (Phi) is 4.86. The molecule has 1 saturated heterocycles. The van der Waals surface area contributed by atoms with Crippen LogP contribution in [0.5, 0.6) is 0 Å². The average Bonchev–Trinajstić information content (AvgIpc) is 3.19. The smallest absolute Gasteiger partial charge is 0.326 e. The maximum atomic E-state index is 12.1. The van der Waals surface area contributed by atoms with E-state index in [2.05, 4.69) is 10.2 Å². The minimum Gasteiger partial charge on any atom is -0.480 e. The van der Waals surface area contributed by atoms with Crippen molar-refractivity contribution in [2.45, 2.75) is 32.7 Å². The number of carbonyl (C=O) groups is 2. The maximum absolute atomic E-state index is 12.1. The molecule has 6 nitrogen and oxygen atoms in total. The molecule has 1 unspecified atom stereocenters. The van der Waals surface area contributed by atoms with E-state index in [0.29, 0.717) is 13.1 Å². The molecule has 0 aromatic carbocycles. The van der Waals surface area contributed by atoms with Gasteiger partial charge in [-0.2, -0.15) is 0 Å². The van der Waals surface area contributed by atoms with Gasteiger partial charge in [-0.3, -0.25) is 4.90 Å². The summed E-state index contributed by atoms with van der Waals surface area (Å²) in [5.41, 5.74) is 0. The summed E-state index contributed by atoms with van der Waals surface area (Å²) in [6, 6.07) is -1.07. The molecule has 1 aliphatic heterocycles. The van der Waals surface area contributed by atoms with E-state index in [-0.39, 0.29) is 11.9 Å². The number of urea groups is 1. The molecule has 0 bridgehead atoms. The van der Waals surface area contributed by atoms with Crippen LogP contribution in [0.4, 0.5) is 4.79 Å². The summed E-state index contributed by atoms with van der Waals surface area (Å²) >= 11 is 0. The fourth-order valence-corrected chi connectivity index (χ4v) is 2.54. The van der Waals surface area contributed by atoms with Crippen molar-refractivity contribution in [3.05, 3.63) is 0 Å². The second-order valence-electron chi connectivity index (χ2n) is 6.24. The van der Waals surface area contributed by atoms with E-state index in [1.807, 2.05) is 0 Å². The molecule has 2 N–H and O–H groups in total. The molecule has 1 aliphatic carbocycles. The number of hydrogen-bond acceptors (Lipinski definition) is 3. The molecule has 1 saturated carbocycles. The standard InChI is InChI=1S/C14H25N3O3/c1-10(2)12(13(18)19)15-14(20)17-7-5-16(6-8-17)9-11-3-4-11/h10-12H,3-9H2,1-2H3,(H,15,20)(H,18,19). The highest BCUT2D eigenvalue weighted by atomic mass is 16.4. The van der Waals surface area contributed by atoms with Gasteiger partial charge in [0.15, 0.2) is 0 Å². The number of amides is 2. The first-order valence-corrected chi connectivity index (χ1v) is 7.48. The van der Waals surface area contributed by atoms with E-state index in [9.17, 15) is 9.59 Å². The van der Waals surface area contributed by atoms with Gasteiger partial charge in [0.25, 0.3) is 0 Å². The minimum absolute atomic E-state index is 0.118. The van der Waals surface area contributed by atoms with Crippen LogP contribution in [0, 0.1) is 11.8 Å². The highest BCUT2D eigenvalue weighted by Gasteiger charge is 2.30. The summed E-state index contributed by atoms with van der Waals surface area (Å²) in [6.45, 7) is 7.90. The van der Waals surface area contributed by atoms with E-state index in [1.54, 1.807) is 18.7 Å². The van der Waals surface area contributed by atoms with E-state index >= 15 is 0 Å². The van der Waals surface area contributed by atoms with Crippen LogP contribution in [0.15, 0.2) is 0 Å². The van der Waals surface area contributed by atoms with Crippen molar-refractivity contribution in [1.29, 1.82) is 0 Å². The van der Waals surface area contributed by atoms with Crippen LogP contribution in [0.2, 0.25) is 0 Å². The summed E-state index contributed by atoms with van der Waals surface area (Å²) < 4.78 is 0. The van der Waals surface area contributed by atoms with E-state index in [0.717, 1.165) is 25.6 Å². The third-order valence-corrected chi connectivity index (χ3v) is 4.08. The molecule has 1 heterocycles. The molecule has 0 spiro atoms. The molecular weight excluding hydrogens is 258 g/mol. The van der Waals surface area contributed by atoms with Crippen LogP contribution in [-0.2, 0) is 4.79 Å². The third kappa shape index (κ3) is 4.10. The summed E-state index contributed by atoms with van der Waals surface area (Å²) in [5, 5.41) is 11.7. The van der Waals surface area contributed by atoms with Crippen LogP contribution in [0.1, 0.15) is 26.7 Å². The molecule has 0 aromatic heterocycles. The zero-order chi connectivity index (χ0) is 14.7. The van der Waals surface area contributed by atoms with Gasteiger partial charge >= 0.3 is 12.0 Å². The summed E-state index contributed by atoms with van der Waals surface area (Å²) in [5.74, 6) is -0.221. The SMILES string of the molecule is CC(C)C(NC(=O)N1CCN(CC2CC2)CC1)C(=O)O. The molecule has 0 radical (unpaired) electrons. The number of carbonyl (C=O) groups excluding carboxylic acids is 1. The van der Waals surface area contributed by atoms with Crippen molar-refractivity contribution in [3.63, 3.8) is 0 Å². The number of rotatable bonds is 5. The second kappa shape index (κ2) is 6.43. The van der Waals surface area contributed by atoms with Gasteiger partial charge in [-0.1, -0.05) is 13.8 Å². The first kappa shape index (κ1) is 15.1. The Morgan fingerprint density at radius 2 is 1.80 bits per heavy atom. The number of hydrogen-bond donors (Lipinski definition) is 2. The number of nitrogens with zero attached hydrogens (tertiary/aromatic N) is 2. The van der Waals surface area contributed by atoms with Gasteiger partial charge < -0.3 is 15.3 Å². The normalized spacial score (nSPS) is 21.9. The molecule has 2 aliphatic rings. The molecule has 1 atom stereocenters. The summed E-state index contributed by atoms with van der Waals surface area (Å²) in [4.78, 5) is 27.3. The van der Waals surface area contributed by atoms with Gasteiger partial charge in [0.05, 0.1) is 0 Å². The van der Waals surface area contributed by atoms with Gasteiger partial charge in [-0.25, -0.2) is 9.59 Å². The van der Waals surface area contributed by atoms with Crippen LogP contribution < -0.4 is 5.32 Å². The quantitative estimate of drug-likeness (QED) is 0.784. The van der Waals surface area contributed by atoms with Crippen molar-refractivity contribution in [1.82, 2.24) is 15.1 Å². The van der Waals surface area contributed by atoms with Gasteiger partial charge in [0, 0.05) is 32.7 Å². The van der Waals surface area contributed by atoms with Gasteiger partial charge in [0.1, 0.15) is 6.04 Å². The van der Waals surface area contributed by atoms with Crippen molar-refractivity contribution < 1.29 is 14.7 Å². The van der Waals surface area contributed by atoms with Gasteiger partial charge in [-0.05, 0) is 24.7 Å². The Labute approximate surface area is 120 Å². The fraction of sp³-hybridized carbons (Fsp3) is 0.857. The van der Waals surface area contributed by atoms with E-state index in [1.165, 1.54) is 12.8 Å². The first-order valence-electron chi connectivity index (χ1n) is 7.48. The molecule has 2 fully saturated rings. The van der Waals surface area contributed by atoms with Crippen LogP contribution in [0.25, 0.3) is 0 Å². The number of aliphatic carboxylic acids is 1. The van der Waals surface area contributed by atoms with Gasteiger partial charge in [0.2, 0.25) is 0 Å². The Morgan fingerprint density at radius 3 is 2.25 bits per heavy atom. The third-order valence-electron chi connectivity index (χ3n) is 4.08. The molecule has 114 valence electrons. The maximum Gasteiger partial charge on any atom is 0.326 e. The Morgan fingerprint density at radius 1 is 1.20 bits per heavy atom. The lowest BCUT2D eigenvalue weighted by Crippen LogP contribution is -2.55. The predicted octanol–water partition coefficient (Wildman–Crippen LogP) is 0.833. The lowest BCUT2D eigenvalue weighted by molar-refractivity contribution is -0.140. The van der Waals surface area contributed by atoms with Crippen molar-refractivity contribution >= 4 is 12.0 Å². The first-order chi connectivity index (χ1) is 9.47.